The van der Waals surface area contributed by atoms with Crippen LogP contribution in [0.4, 0.5) is 30.7 Å². The number of rotatable bonds is 6. The topological polar surface area (TPSA) is 80.8 Å². The predicted octanol–water partition coefficient (Wildman–Crippen LogP) is 8.81. The second kappa shape index (κ2) is 14.3. The molecule has 0 radical (unpaired) electrons. The van der Waals surface area contributed by atoms with E-state index in [-0.39, 0.29) is 47.4 Å². The number of alkyl halides is 7. The third kappa shape index (κ3) is 7.71. The summed E-state index contributed by atoms with van der Waals surface area (Å²) in [4.78, 5) is 27.3. The second-order valence-corrected chi connectivity index (χ2v) is 16.0. The Morgan fingerprint density at radius 3 is 1.85 bits per heavy atom. The average molecular weight is 775 g/mol. The molecule has 6 nitrogen and oxygen atoms in total. The largest absolute Gasteiger partial charge is 0.460 e. The molecule has 1 atom stereocenters. The molecule has 0 spiro atoms. The molecular weight excluding hydrogens is 735 g/mol. The molecule has 1 aliphatic carbocycles. The normalized spacial score (nSPS) is 22.5. The van der Waals surface area contributed by atoms with Crippen LogP contribution in [0.1, 0.15) is 77.8 Å². The van der Waals surface area contributed by atoms with Crippen LogP contribution in [0, 0.1) is 11.8 Å². The van der Waals surface area contributed by atoms with Gasteiger partial charge in [-0.2, -0.15) is 26.3 Å². The van der Waals surface area contributed by atoms with Crippen LogP contribution in [0.25, 0.3) is 0 Å². The molecule has 1 saturated heterocycles. The smallest absolute Gasteiger partial charge is 0.435 e. The number of ether oxygens (including phenoxy) is 1. The van der Waals surface area contributed by atoms with Crippen LogP contribution in [-0.4, -0.2) is 56.2 Å². The summed E-state index contributed by atoms with van der Waals surface area (Å²) in [5.41, 5.74) is -8.30. The van der Waals surface area contributed by atoms with E-state index in [2.05, 4.69) is 15.9 Å². The fraction of sp³-hybridized carbons (Fsp3) is 0.576. The van der Waals surface area contributed by atoms with Gasteiger partial charge in [-0.1, -0.05) is 60.1 Å². The van der Waals surface area contributed by atoms with Crippen molar-refractivity contribution in [2.75, 3.05) is 13.1 Å². The highest BCUT2D eigenvalue weighted by Crippen LogP contribution is 2.54. The zero-order valence-corrected chi connectivity index (χ0v) is 29.5. The van der Waals surface area contributed by atoms with E-state index < -0.39 is 62.2 Å². The highest BCUT2D eigenvalue weighted by molar-refractivity contribution is 9.10. The van der Waals surface area contributed by atoms with E-state index >= 15 is 0 Å². The number of nitrogens with zero attached hydrogens (tertiary/aromatic N) is 1. The number of hydrogen-bond acceptors (Lipinski definition) is 5. The summed E-state index contributed by atoms with van der Waals surface area (Å²) >= 11 is 3.21. The lowest BCUT2D eigenvalue weighted by molar-refractivity contribution is -0.348. The van der Waals surface area contributed by atoms with Crippen LogP contribution in [0.5, 0.6) is 0 Å². The Hall–Kier alpha value is -2.68. The lowest BCUT2D eigenvalue weighted by Gasteiger charge is -2.34. The molecule has 0 aromatic heterocycles. The summed E-state index contributed by atoms with van der Waals surface area (Å²) in [6, 6.07) is 7.67. The molecule has 2 aliphatic rings. The predicted molar refractivity (Wildman–Crippen MR) is 168 cm³/mol. The number of halogens is 8. The van der Waals surface area contributed by atoms with Crippen LogP contribution in [0.2, 0.25) is 0 Å². The van der Waals surface area contributed by atoms with E-state index in [1.54, 1.807) is 26.8 Å². The van der Waals surface area contributed by atoms with Crippen molar-refractivity contribution in [1.29, 1.82) is 0 Å². The molecule has 1 saturated carbocycles. The van der Waals surface area contributed by atoms with E-state index in [0.717, 1.165) is 12.1 Å². The highest BCUT2D eigenvalue weighted by atomic mass is 79.9. The lowest BCUT2D eigenvalue weighted by atomic mass is 9.81. The highest BCUT2D eigenvalue weighted by Gasteiger charge is 2.73. The molecule has 4 rings (SSSR count). The van der Waals surface area contributed by atoms with Gasteiger partial charge in [0.15, 0.2) is 9.84 Å². The van der Waals surface area contributed by atoms with Crippen LogP contribution in [0.15, 0.2) is 57.9 Å². The number of benzene rings is 2. The van der Waals surface area contributed by atoms with Gasteiger partial charge in [-0.15, -0.1) is 0 Å². The zero-order valence-electron chi connectivity index (χ0n) is 27.1. The van der Waals surface area contributed by atoms with Gasteiger partial charge in [0.25, 0.3) is 0 Å². The Morgan fingerprint density at radius 1 is 0.854 bits per heavy atom. The Kier molecular flexibility index (Phi) is 11.8. The van der Waals surface area contributed by atoms with Gasteiger partial charge in [0.1, 0.15) is 10.3 Å². The molecule has 1 unspecified atom stereocenters. The Morgan fingerprint density at radius 2 is 1.38 bits per heavy atom. The first kappa shape index (κ1) is 39.8. The minimum absolute atomic E-state index is 0.0715. The third-order valence-electron chi connectivity index (χ3n) is 8.57. The molecule has 0 N–H and O–H groups in total. The maximum absolute atomic E-state index is 14.8. The van der Waals surface area contributed by atoms with Gasteiger partial charge in [0, 0.05) is 29.0 Å². The van der Waals surface area contributed by atoms with Crippen molar-refractivity contribution < 1.29 is 53.5 Å². The van der Waals surface area contributed by atoms with E-state index in [1.165, 1.54) is 23.1 Å². The molecule has 2 aromatic rings. The molecule has 0 bridgehead atoms. The summed E-state index contributed by atoms with van der Waals surface area (Å²) in [5.74, 6) is -1.67. The van der Waals surface area contributed by atoms with E-state index in [1.807, 2.05) is 13.8 Å². The SMILES string of the molecule is CC.CC(C)(C)OC(=O)C1CCC(C(=O)N2CCC(c3ccc(C(F)(C(F)(F)F)C(F)(F)F)cc3)(S(=O)(=O)c3cccc(Br)c3)C2)CC1. The summed E-state index contributed by atoms with van der Waals surface area (Å²) in [5, 5.41) is 0. The monoisotopic (exact) mass is 773 g/mol. The number of sulfone groups is 1. The second-order valence-electron chi connectivity index (χ2n) is 12.8. The zero-order chi connectivity index (χ0) is 36.5. The fourth-order valence-electron chi connectivity index (χ4n) is 6.15. The van der Waals surface area contributed by atoms with Gasteiger partial charge >= 0.3 is 24.0 Å². The van der Waals surface area contributed by atoms with Crippen molar-refractivity contribution >= 4 is 37.6 Å². The van der Waals surface area contributed by atoms with E-state index in [0.29, 0.717) is 30.2 Å². The van der Waals surface area contributed by atoms with Crippen LogP contribution < -0.4 is 0 Å². The van der Waals surface area contributed by atoms with Crippen molar-refractivity contribution in [3.63, 3.8) is 0 Å². The molecule has 15 heteroatoms. The lowest BCUT2D eigenvalue weighted by Crippen LogP contribution is -2.50. The summed E-state index contributed by atoms with van der Waals surface area (Å²) in [6.45, 7) is 8.73. The fourth-order valence-corrected chi connectivity index (χ4v) is 8.82. The van der Waals surface area contributed by atoms with Crippen molar-refractivity contribution in [3.8, 4) is 0 Å². The summed E-state index contributed by atoms with van der Waals surface area (Å²) in [7, 11) is -4.44. The standard InChI is InChI=1S/C31H33BrF7NO5S.C2H6/c1-27(2,3)45-26(42)20-9-7-19(8-10-20)25(41)40-16-15-28(18-40,46(43,44)24-6-4-5-23(32)17-24)21-11-13-22(14-12-21)29(33,30(34,35)36)31(37,38)39;1-2/h4-6,11-14,17,19-20H,7-10,15-16,18H2,1-3H3;1-2H3. The maximum Gasteiger partial charge on any atom is 0.435 e. The first-order chi connectivity index (χ1) is 22.0. The first-order valence-electron chi connectivity index (χ1n) is 15.5. The molecule has 2 fully saturated rings. The number of amides is 1. The van der Waals surface area contributed by atoms with Crippen molar-refractivity contribution in [1.82, 2.24) is 4.90 Å². The van der Waals surface area contributed by atoms with Gasteiger partial charge in [-0.3, -0.25) is 9.59 Å². The molecule has 48 heavy (non-hydrogen) atoms. The number of carbonyl (C=O) groups excluding carboxylic acids is 2. The van der Waals surface area contributed by atoms with E-state index in [9.17, 15) is 48.7 Å². The van der Waals surface area contributed by atoms with Gasteiger partial charge in [0.2, 0.25) is 5.91 Å². The minimum Gasteiger partial charge on any atom is -0.460 e. The van der Waals surface area contributed by atoms with Gasteiger partial charge < -0.3 is 9.64 Å². The summed E-state index contributed by atoms with van der Waals surface area (Å²) in [6.07, 6.45) is -11.5. The number of esters is 1. The van der Waals surface area contributed by atoms with Crippen molar-refractivity contribution in [2.24, 2.45) is 11.8 Å². The number of carbonyl (C=O) groups is 2. The Bertz CT molecular complexity index is 1550. The van der Waals surface area contributed by atoms with Crippen molar-refractivity contribution in [2.45, 2.75) is 100.0 Å². The third-order valence-corrected chi connectivity index (χ3v) is 11.5. The molecule has 1 heterocycles. The van der Waals surface area contributed by atoms with E-state index in [4.69, 9.17) is 4.74 Å². The summed E-state index contributed by atoms with van der Waals surface area (Å²) < 4.78 is 128. The van der Waals surface area contributed by atoms with Crippen LogP contribution in [0.3, 0.4) is 0 Å². The van der Waals surface area contributed by atoms with Crippen LogP contribution >= 0.6 is 15.9 Å². The van der Waals surface area contributed by atoms with Gasteiger partial charge in [-0.25, -0.2) is 12.8 Å². The minimum atomic E-state index is -6.34. The van der Waals surface area contributed by atoms with Crippen LogP contribution in [-0.2, 0) is 34.6 Å². The molecule has 1 amide bonds. The van der Waals surface area contributed by atoms with Gasteiger partial charge in [0.05, 0.1) is 10.8 Å². The van der Waals surface area contributed by atoms with Gasteiger partial charge in [-0.05, 0) is 76.6 Å². The Balaban J connectivity index is 0.00000307. The quantitative estimate of drug-likeness (QED) is 0.217. The number of likely N-dealkylation sites (tertiary alicyclic amines) is 1. The number of hydrogen-bond donors (Lipinski definition) is 0. The average Bonchev–Trinajstić information content (AvgIpc) is 3.47. The van der Waals surface area contributed by atoms with Crippen molar-refractivity contribution in [3.05, 3.63) is 64.1 Å². The molecule has 268 valence electrons. The molecular formula is C33H39BrF7NO5S. The molecule has 1 aliphatic heterocycles. The maximum atomic E-state index is 14.8. The first-order valence-corrected chi connectivity index (χ1v) is 17.8. The molecule has 2 aromatic carbocycles. The Labute approximate surface area is 284 Å².